The second-order valence-corrected chi connectivity index (χ2v) is 5.08. The number of benzene rings is 1. The van der Waals surface area contributed by atoms with Gasteiger partial charge in [-0.05, 0) is 24.9 Å². The number of nitrogens with one attached hydrogen (secondary N) is 1. The SMILES string of the molecule is CCNC(Cc1ccc(Cl)cc1[N+](=O)[O-])C(C)C. The van der Waals surface area contributed by atoms with Gasteiger partial charge < -0.3 is 5.32 Å². The fraction of sp³-hybridized carbons (Fsp3) is 0.538. The van der Waals surface area contributed by atoms with Crippen LogP contribution in [-0.2, 0) is 6.42 Å². The number of halogens is 1. The summed E-state index contributed by atoms with van der Waals surface area (Å²) in [7, 11) is 0. The topological polar surface area (TPSA) is 55.2 Å². The van der Waals surface area contributed by atoms with Gasteiger partial charge in [0.2, 0.25) is 0 Å². The van der Waals surface area contributed by atoms with Gasteiger partial charge in [-0.3, -0.25) is 10.1 Å². The maximum Gasteiger partial charge on any atom is 0.274 e. The van der Waals surface area contributed by atoms with Crippen molar-refractivity contribution in [1.82, 2.24) is 5.32 Å². The zero-order valence-electron chi connectivity index (χ0n) is 10.9. The van der Waals surface area contributed by atoms with Crippen molar-refractivity contribution >= 4 is 17.3 Å². The molecule has 1 unspecified atom stereocenters. The number of nitro groups is 1. The third-order valence-corrected chi connectivity index (χ3v) is 3.19. The zero-order chi connectivity index (χ0) is 13.7. The van der Waals surface area contributed by atoms with Gasteiger partial charge in [0.25, 0.3) is 5.69 Å². The first-order valence-corrected chi connectivity index (χ1v) is 6.49. The summed E-state index contributed by atoms with van der Waals surface area (Å²) in [5.41, 5.74) is 0.829. The van der Waals surface area contributed by atoms with E-state index in [4.69, 9.17) is 11.6 Å². The fourth-order valence-corrected chi connectivity index (χ4v) is 2.09. The Bertz CT molecular complexity index is 421. The van der Waals surface area contributed by atoms with Crippen molar-refractivity contribution in [1.29, 1.82) is 0 Å². The first kappa shape index (κ1) is 14.9. The predicted molar refractivity (Wildman–Crippen MR) is 74.1 cm³/mol. The molecule has 0 saturated carbocycles. The highest BCUT2D eigenvalue weighted by Crippen LogP contribution is 2.25. The van der Waals surface area contributed by atoms with Crippen LogP contribution in [0.4, 0.5) is 5.69 Å². The molecule has 0 aliphatic carbocycles. The highest BCUT2D eigenvalue weighted by atomic mass is 35.5. The van der Waals surface area contributed by atoms with E-state index in [0.717, 1.165) is 12.1 Å². The minimum absolute atomic E-state index is 0.103. The van der Waals surface area contributed by atoms with Crippen LogP contribution in [0.1, 0.15) is 26.3 Å². The maximum absolute atomic E-state index is 11.0. The molecule has 1 rings (SSSR count). The van der Waals surface area contributed by atoms with Crippen LogP contribution in [0.2, 0.25) is 5.02 Å². The molecule has 0 fully saturated rings. The van der Waals surface area contributed by atoms with Gasteiger partial charge in [-0.1, -0.05) is 38.4 Å². The highest BCUT2D eigenvalue weighted by molar-refractivity contribution is 6.30. The molecule has 0 amide bonds. The number of nitrogens with zero attached hydrogens (tertiary/aromatic N) is 1. The Morgan fingerprint density at radius 1 is 1.44 bits per heavy atom. The van der Waals surface area contributed by atoms with Crippen molar-refractivity contribution in [2.75, 3.05) is 6.54 Å². The van der Waals surface area contributed by atoms with Gasteiger partial charge in [0.05, 0.1) is 4.92 Å². The Hall–Kier alpha value is -1.13. The lowest BCUT2D eigenvalue weighted by atomic mass is 9.95. The molecule has 0 aliphatic heterocycles. The van der Waals surface area contributed by atoms with Crippen LogP contribution in [0, 0.1) is 16.0 Å². The Morgan fingerprint density at radius 2 is 2.11 bits per heavy atom. The fourth-order valence-electron chi connectivity index (χ4n) is 1.92. The molecular formula is C13H19ClN2O2. The van der Waals surface area contributed by atoms with Crippen molar-refractivity contribution in [3.8, 4) is 0 Å². The molecule has 0 spiro atoms. The second kappa shape index (κ2) is 6.71. The lowest BCUT2D eigenvalue weighted by molar-refractivity contribution is -0.385. The van der Waals surface area contributed by atoms with Crippen molar-refractivity contribution in [2.45, 2.75) is 33.2 Å². The standard InChI is InChI=1S/C13H19ClN2O2/c1-4-15-12(9(2)3)7-10-5-6-11(14)8-13(10)16(17)18/h5-6,8-9,12,15H,4,7H2,1-3H3. The molecule has 4 nitrogen and oxygen atoms in total. The Morgan fingerprint density at radius 3 is 2.61 bits per heavy atom. The van der Waals surface area contributed by atoms with E-state index < -0.39 is 0 Å². The minimum atomic E-state index is -0.370. The smallest absolute Gasteiger partial charge is 0.274 e. The van der Waals surface area contributed by atoms with Crippen LogP contribution in [0.3, 0.4) is 0 Å². The van der Waals surface area contributed by atoms with Crippen LogP contribution in [0.5, 0.6) is 0 Å². The van der Waals surface area contributed by atoms with Gasteiger partial charge in [-0.25, -0.2) is 0 Å². The molecule has 5 heteroatoms. The summed E-state index contributed by atoms with van der Waals surface area (Å²) in [4.78, 5) is 10.6. The predicted octanol–water partition coefficient (Wildman–Crippen LogP) is 3.42. The van der Waals surface area contributed by atoms with Crippen molar-refractivity contribution in [2.24, 2.45) is 5.92 Å². The van der Waals surface area contributed by atoms with Gasteiger partial charge in [0.15, 0.2) is 0 Å². The molecular weight excluding hydrogens is 252 g/mol. The molecule has 0 aromatic heterocycles. The zero-order valence-corrected chi connectivity index (χ0v) is 11.7. The Kier molecular flexibility index (Phi) is 5.56. The van der Waals surface area contributed by atoms with Crippen molar-refractivity contribution < 1.29 is 4.92 Å². The van der Waals surface area contributed by atoms with Gasteiger partial charge in [-0.2, -0.15) is 0 Å². The number of likely N-dealkylation sites (N-methyl/N-ethyl adjacent to an activating group) is 1. The van der Waals surface area contributed by atoms with E-state index in [9.17, 15) is 10.1 Å². The van der Waals surface area contributed by atoms with Crippen molar-refractivity contribution in [3.63, 3.8) is 0 Å². The average molecular weight is 271 g/mol. The summed E-state index contributed by atoms with van der Waals surface area (Å²) in [5.74, 6) is 0.417. The molecule has 100 valence electrons. The number of hydrogen-bond acceptors (Lipinski definition) is 3. The Balaban J connectivity index is 2.98. The van der Waals surface area contributed by atoms with Crippen LogP contribution < -0.4 is 5.32 Å². The first-order valence-electron chi connectivity index (χ1n) is 6.11. The van der Waals surface area contributed by atoms with E-state index in [1.54, 1.807) is 12.1 Å². The number of rotatable bonds is 6. The molecule has 1 aromatic carbocycles. The maximum atomic E-state index is 11.0. The summed E-state index contributed by atoms with van der Waals surface area (Å²) in [6.07, 6.45) is 0.638. The monoisotopic (exact) mass is 270 g/mol. The number of hydrogen-bond donors (Lipinski definition) is 1. The number of nitro benzene ring substituents is 1. The van der Waals surface area contributed by atoms with Crippen LogP contribution in [0.25, 0.3) is 0 Å². The molecule has 1 N–H and O–H groups in total. The lowest BCUT2D eigenvalue weighted by Crippen LogP contribution is -2.35. The molecule has 0 radical (unpaired) electrons. The minimum Gasteiger partial charge on any atom is -0.314 e. The molecule has 0 bridgehead atoms. The molecule has 0 heterocycles. The van der Waals surface area contributed by atoms with Crippen LogP contribution >= 0.6 is 11.6 Å². The largest absolute Gasteiger partial charge is 0.314 e. The molecule has 0 aliphatic rings. The van der Waals surface area contributed by atoms with E-state index in [-0.39, 0.29) is 16.7 Å². The molecule has 1 aromatic rings. The molecule has 0 saturated heterocycles. The van der Waals surface area contributed by atoms with Gasteiger partial charge in [0, 0.05) is 22.7 Å². The first-order chi connectivity index (χ1) is 8.45. The summed E-state index contributed by atoms with van der Waals surface area (Å²) >= 11 is 5.80. The average Bonchev–Trinajstić information content (AvgIpc) is 2.30. The summed E-state index contributed by atoms with van der Waals surface area (Å²) in [6, 6.07) is 5.09. The summed E-state index contributed by atoms with van der Waals surface area (Å²) in [6.45, 7) is 7.10. The lowest BCUT2D eigenvalue weighted by Gasteiger charge is -2.21. The quantitative estimate of drug-likeness (QED) is 0.636. The van der Waals surface area contributed by atoms with E-state index in [1.807, 2.05) is 6.92 Å². The molecule has 18 heavy (non-hydrogen) atoms. The van der Waals surface area contributed by atoms with Crippen LogP contribution in [0.15, 0.2) is 18.2 Å². The van der Waals surface area contributed by atoms with E-state index in [2.05, 4.69) is 19.2 Å². The molecule has 1 atom stereocenters. The van der Waals surface area contributed by atoms with E-state index in [1.165, 1.54) is 6.07 Å². The summed E-state index contributed by atoms with van der Waals surface area (Å²) < 4.78 is 0. The third kappa shape index (κ3) is 3.96. The van der Waals surface area contributed by atoms with Gasteiger partial charge >= 0.3 is 0 Å². The third-order valence-electron chi connectivity index (χ3n) is 2.95. The normalized spacial score (nSPS) is 12.7. The van der Waals surface area contributed by atoms with E-state index in [0.29, 0.717) is 17.4 Å². The second-order valence-electron chi connectivity index (χ2n) is 4.64. The van der Waals surface area contributed by atoms with E-state index >= 15 is 0 Å². The summed E-state index contributed by atoms with van der Waals surface area (Å²) in [5, 5.41) is 14.8. The Labute approximate surface area is 112 Å². The van der Waals surface area contributed by atoms with Gasteiger partial charge in [-0.15, -0.1) is 0 Å². The van der Waals surface area contributed by atoms with Gasteiger partial charge in [0.1, 0.15) is 0 Å². The van der Waals surface area contributed by atoms with Crippen LogP contribution in [-0.4, -0.2) is 17.5 Å². The van der Waals surface area contributed by atoms with Crippen molar-refractivity contribution in [3.05, 3.63) is 38.9 Å². The highest BCUT2D eigenvalue weighted by Gasteiger charge is 2.19.